The van der Waals surface area contributed by atoms with Gasteiger partial charge in [-0.25, -0.2) is 0 Å². The second-order valence-electron chi connectivity index (χ2n) is 8.65. The maximum Gasteiger partial charge on any atom is 0.295 e. The first-order valence-corrected chi connectivity index (χ1v) is 12.3. The standard InChI is InChI=1S/C26H28Cl2N2O5/c1-16-14-18(34-2)5-6-19(16)24(31)22-23(17-4-7-20(27)21(28)15-17)30(26(33)25(22)32)9-3-8-29-10-12-35-13-11-29/h4-7,14-15,23,31H,3,8-13H2,1-2H3/b24-22+/t23-/m1/s1. The Kier molecular flexibility index (Phi) is 8.02. The van der Waals surface area contributed by atoms with Gasteiger partial charge in [0.25, 0.3) is 11.7 Å². The van der Waals surface area contributed by atoms with Crippen LogP contribution in [0.5, 0.6) is 5.75 Å². The number of Topliss-reactive ketones (excluding diaryl/α,β-unsaturated/α-hetero) is 1. The highest BCUT2D eigenvalue weighted by Gasteiger charge is 2.46. The number of rotatable bonds is 7. The molecule has 1 atom stereocenters. The van der Waals surface area contributed by atoms with Crippen LogP contribution in [-0.4, -0.2) is 73.1 Å². The molecule has 2 aromatic rings. The molecule has 0 bridgehead atoms. The number of amides is 1. The normalized spacial score (nSPS) is 20.5. The zero-order valence-electron chi connectivity index (χ0n) is 19.7. The maximum absolute atomic E-state index is 13.2. The molecule has 186 valence electrons. The monoisotopic (exact) mass is 518 g/mol. The fourth-order valence-electron chi connectivity index (χ4n) is 4.60. The number of halogens is 2. The van der Waals surface area contributed by atoms with E-state index in [9.17, 15) is 14.7 Å². The minimum atomic E-state index is -0.782. The third-order valence-corrected chi connectivity index (χ3v) is 7.20. The summed E-state index contributed by atoms with van der Waals surface area (Å²) in [5.74, 6) is -0.963. The number of nitrogens with zero attached hydrogens (tertiary/aromatic N) is 2. The van der Waals surface area contributed by atoms with Crippen LogP contribution in [0.2, 0.25) is 10.0 Å². The van der Waals surface area contributed by atoms with Gasteiger partial charge >= 0.3 is 0 Å². The Hall–Kier alpha value is -2.58. The lowest BCUT2D eigenvalue weighted by atomic mass is 9.94. The van der Waals surface area contributed by atoms with E-state index in [0.717, 1.165) is 19.6 Å². The van der Waals surface area contributed by atoms with Gasteiger partial charge in [-0.05, 0) is 54.8 Å². The Balaban J connectivity index is 1.72. The molecule has 2 fully saturated rings. The van der Waals surface area contributed by atoms with Gasteiger partial charge in [-0.2, -0.15) is 0 Å². The van der Waals surface area contributed by atoms with Gasteiger partial charge in [-0.1, -0.05) is 29.3 Å². The van der Waals surface area contributed by atoms with E-state index in [1.807, 2.05) is 6.92 Å². The number of aryl methyl sites for hydroxylation is 1. The number of ketones is 1. The summed E-state index contributed by atoms with van der Waals surface area (Å²) in [7, 11) is 1.56. The summed E-state index contributed by atoms with van der Waals surface area (Å²) in [4.78, 5) is 30.2. The van der Waals surface area contributed by atoms with Crippen LogP contribution < -0.4 is 4.74 Å². The molecule has 0 aliphatic carbocycles. The first kappa shape index (κ1) is 25.5. The molecule has 4 rings (SSSR count). The Bertz CT molecular complexity index is 1160. The van der Waals surface area contributed by atoms with E-state index in [1.54, 1.807) is 43.5 Å². The average molecular weight is 519 g/mol. The molecule has 2 aromatic carbocycles. The molecule has 0 aromatic heterocycles. The van der Waals surface area contributed by atoms with Gasteiger partial charge in [0.2, 0.25) is 0 Å². The van der Waals surface area contributed by atoms with Crippen LogP contribution in [0.1, 0.15) is 29.2 Å². The molecule has 2 saturated heterocycles. The van der Waals surface area contributed by atoms with Crippen molar-refractivity contribution in [3.63, 3.8) is 0 Å². The van der Waals surface area contributed by atoms with E-state index >= 15 is 0 Å². The largest absolute Gasteiger partial charge is 0.507 e. The summed E-state index contributed by atoms with van der Waals surface area (Å²) in [6.07, 6.45) is 0.673. The van der Waals surface area contributed by atoms with Crippen molar-refractivity contribution < 1.29 is 24.2 Å². The number of ether oxygens (including phenoxy) is 2. The van der Waals surface area contributed by atoms with Crippen LogP contribution in [0.25, 0.3) is 5.76 Å². The van der Waals surface area contributed by atoms with E-state index in [1.165, 1.54) is 4.90 Å². The Morgan fingerprint density at radius 1 is 1.09 bits per heavy atom. The predicted octanol–water partition coefficient (Wildman–Crippen LogP) is 4.45. The van der Waals surface area contributed by atoms with E-state index in [-0.39, 0.29) is 11.3 Å². The van der Waals surface area contributed by atoms with Crippen molar-refractivity contribution in [1.29, 1.82) is 0 Å². The van der Waals surface area contributed by atoms with Crippen molar-refractivity contribution in [3.05, 3.63) is 68.7 Å². The summed E-state index contributed by atoms with van der Waals surface area (Å²) in [6.45, 7) is 6.00. The number of methoxy groups -OCH3 is 1. The second kappa shape index (κ2) is 11.0. The maximum atomic E-state index is 13.2. The van der Waals surface area contributed by atoms with Gasteiger partial charge in [0.15, 0.2) is 0 Å². The van der Waals surface area contributed by atoms with Crippen molar-refractivity contribution in [3.8, 4) is 5.75 Å². The first-order chi connectivity index (χ1) is 16.8. The fraction of sp³-hybridized carbons (Fsp3) is 0.385. The molecule has 0 saturated carbocycles. The zero-order chi connectivity index (χ0) is 25.1. The lowest BCUT2D eigenvalue weighted by molar-refractivity contribution is -0.140. The molecule has 2 heterocycles. The molecule has 1 amide bonds. The molecule has 9 heteroatoms. The van der Waals surface area contributed by atoms with Crippen LogP contribution in [0.3, 0.4) is 0 Å². The van der Waals surface area contributed by atoms with Crippen molar-refractivity contribution in [2.75, 3.05) is 46.5 Å². The second-order valence-corrected chi connectivity index (χ2v) is 9.47. The number of carbonyl (C=O) groups excluding carboxylic acids is 2. The van der Waals surface area contributed by atoms with Gasteiger partial charge in [0.05, 0.1) is 42.0 Å². The van der Waals surface area contributed by atoms with Gasteiger partial charge in [-0.15, -0.1) is 0 Å². The third-order valence-electron chi connectivity index (χ3n) is 6.47. The van der Waals surface area contributed by atoms with Crippen molar-refractivity contribution in [2.24, 2.45) is 0 Å². The van der Waals surface area contributed by atoms with Gasteiger partial charge in [0, 0.05) is 31.7 Å². The Morgan fingerprint density at radius 2 is 1.83 bits per heavy atom. The molecule has 0 radical (unpaired) electrons. The summed E-state index contributed by atoms with van der Waals surface area (Å²) < 4.78 is 10.7. The van der Waals surface area contributed by atoms with Crippen LogP contribution in [0, 0.1) is 6.92 Å². The minimum Gasteiger partial charge on any atom is -0.507 e. The lowest BCUT2D eigenvalue weighted by Crippen LogP contribution is -2.38. The smallest absolute Gasteiger partial charge is 0.295 e. The van der Waals surface area contributed by atoms with Gasteiger partial charge < -0.3 is 19.5 Å². The Morgan fingerprint density at radius 3 is 2.49 bits per heavy atom. The van der Waals surface area contributed by atoms with E-state index in [4.69, 9.17) is 32.7 Å². The van der Waals surface area contributed by atoms with Crippen LogP contribution >= 0.6 is 23.2 Å². The van der Waals surface area contributed by atoms with Crippen molar-refractivity contribution in [2.45, 2.75) is 19.4 Å². The minimum absolute atomic E-state index is 0.0352. The average Bonchev–Trinajstić information content (AvgIpc) is 3.11. The number of benzene rings is 2. The number of carbonyl (C=O) groups is 2. The van der Waals surface area contributed by atoms with Crippen LogP contribution in [0.4, 0.5) is 0 Å². The third kappa shape index (κ3) is 5.33. The van der Waals surface area contributed by atoms with Gasteiger partial charge in [0.1, 0.15) is 11.5 Å². The summed E-state index contributed by atoms with van der Waals surface area (Å²) in [5.41, 5.74) is 1.82. The highest BCUT2D eigenvalue weighted by atomic mass is 35.5. The first-order valence-electron chi connectivity index (χ1n) is 11.5. The molecule has 1 N–H and O–H groups in total. The number of likely N-dealkylation sites (tertiary alicyclic amines) is 1. The number of aliphatic hydroxyl groups is 1. The highest BCUT2D eigenvalue weighted by Crippen LogP contribution is 2.41. The molecule has 7 nitrogen and oxygen atoms in total. The predicted molar refractivity (Wildman–Crippen MR) is 135 cm³/mol. The summed E-state index contributed by atoms with van der Waals surface area (Å²) >= 11 is 12.4. The van der Waals surface area contributed by atoms with E-state index in [2.05, 4.69) is 4.90 Å². The molecule has 2 aliphatic heterocycles. The number of aliphatic hydroxyl groups excluding tert-OH is 1. The highest BCUT2D eigenvalue weighted by molar-refractivity contribution is 6.47. The number of hydrogen-bond donors (Lipinski definition) is 1. The molecule has 0 unspecified atom stereocenters. The number of hydrogen-bond acceptors (Lipinski definition) is 6. The molecule has 2 aliphatic rings. The van der Waals surface area contributed by atoms with E-state index in [0.29, 0.717) is 58.7 Å². The molecule has 0 spiro atoms. The SMILES string of the molecule is COc1ccc(/C(O)=C2\C(=O)C(=O)N(CCCN3CCOCC3)[C@@H]2c2ccc(Cl)c(Cl)c2)c(C)c1. The Labute approximate surface area is 214 Å². The fourth-order valence-corrected chi connectivity index (χ4v) is 4.91. The van der Waals surface area contributed by atoms with Crippen molar-refractivity contribution in [1.82, 2.24) is 9.80 Å². The molecule has 35 heavy (non-hydrogen) atoms. The van der Waals surface area contributed by atoms with Crippen molar-refractivity contribution >= 4 is 40.7 Å². The number of morpholine rings is 1. The summed E-state index contributed by atoms with van der Waals surface area (Å²) in [6, 6.07) is 9.37. The summed E-state index contributed by atoms with van der Waals surface area (Å²) in [5, 5.41) is 12.0. The van der Waals surface area contributed by atoms with Crippen LogP contribution in [0.15, 0.2) is 42.0 Å². The topological polar surface area (TPSA) is 79.3 Å². The molecular weight excluding hydrogens is 491 g/mol. The lowest BCUT2D eigenvalue weighted by Gasteiger charge is -2.29. The van der Waals surface area contributed by atoms with E-state index < -0.39 is 17.7 Å². The molecular formula is C26H28Cl2N2O5. The quantitative estimate of drug-likeness (QED) is 0.331. The van der Waals surface area contributed by atoms with Crippen LogP contribution in [-0.2, 0) is 14.3 Å². The zero-order valence-corrected chi connectivity index (χ0v) is 21.2. The van der Waals surface area contributed by atoms with Gasteiger partial charge in [-0.3, -0.25) is 14.5 Å².